The van der Waals surface area contributed by atoms with Gasteiger partial charge in [0.25, 0.3) is 5.91 Å². The molecule has 0 saturated carbocycles. The van der Waals surface area contributed by atoms with Crippen LogP contribution in [0.15, 0.2) is 24.3 Å². The van der Waals surface area contributed by atoms with E-state index in [-0.39, 0.29) is 24.4 Å². The Labute approximate surface area is 132 Å². The van der Waals surface area contributed by atoms with Gasteiger partial charge in [0, 0.05) is 19.1 Å². The molecule has 1 saturated heterocycles. The first-order chi connectivity index (χ1) is 9.66. The molecule has 116 valence electrons. The normalized spacial score (nSPS) is 28.5. The summed E-state index contributed by atoms with van der Waals surface area (Å²) in [5.41, 5.74) is 8.30. The molecule has 2 aliphatic heterocycles. The summed E-state index contributed by atoms with van der Waals surface area (Å²) in [4.78, 5) is 14.6. The number of carbonyl (C=O) groups excluding carboxylic acids is 1. The van der Waals surface area contributed by atoms with Gasteiger partial charge < -0.3 is 15.4 Å². The minimum absolute atomic E-state index is 0. The Hall–Kier alpha value is -1.10. The minimum atomic E-state index is -0.429. The Kier molecular flexibility index (Phi) is 5.25. The van der Waals surface area contributed by atoms with Gasteiger partial charge in [-0.2, -0.15) is 0 Å². The first-order valence-corrected chi connectivity index (χ1v) is 7.40. The Balaban J connectivity index is 0.00000161. The quantitative estimate of drug-likeness (QED) is 0.862. The molecule has 1 fully saturated rings. The van der Waals surface area contributed by atoms with Gasteiger partial charge in [-0.3, -0.25) is 4.79 Å². The third-order valence-electron chi connectivity index (χ3n) is 4.50. The summed E-state index contributed by atoms with van der Waals surface area (Å²) in [5.74, 6) is 0.447. The van der Waals surface area contributed by atoms with Crippen LogP contribution in [-0.4, -0.2) is 36.5 Å². The molecule has 3 atom stereocenters. The lowest BCUT2D eigenvalue weighted by atomic mass is 9.92. The number of piperidine rings is 1. The van der Waals surface area contributed by atoms with E-state index < -0.39 is 6.10 Å². The van der Waals surface area contributed by atoms with Gasteiger partial charge >= 0.3 is 0 Å². The van der Waals surface area contributed by atoms with E-state index in [0.717, 1.165) is 31.5 Å². The van der Waals surface area contributed by atoms with Crippen LogP contribution in [0.2, 0.25) is 0 Å². The number of ether oxygens (including phenoxy) is 1. The number of carbonyl (C=O) groups is 1. The second-order valence-electron chi connectivity index (χ2n) is 5.91. The van der Waals surface area contributed by atoms with E-state index in [1.807, 2.05) is 23.1 Å². The lowest BCUT2D eigenvalue weighted by Gasteiger charge is -2.37. The first-order valence-electron chi connectivity index (χ1n) is 7.40. The molecule has 0 radical (unpaired) electrons. The third kappa shape index (κ3) is 3.23. The molecular formula is C16H23ClN2O2. The van der Waals surface area contributed by atoms with Crippen molar-refractivity contribution in [1.82, 2.24) is 4.90 Å². The third-order valence-corrected chi connectivity index (χ3v) is 4.50. The lowest BCUT2D eigenvalue weighted by molar-refractivity contribution is -0.147. The number of fused-ring (bicyclic) bond motifs is 1. The van der Waals surface area contributed by atoms with Crippen molar-refractivity contribution in [3.8, 4) is 0 Å². The predicted molar refractivity (Wildman–Crippen MR) is 84.4 cm³/mol. The van der Waals surface area contributed by atoms with Crippen LogP contribution in [0.4, 0.5) is 0 Å². The molecule has 0 bridgehead atoms. The molecule has 5 heteroatoms. The van der Waals surface area contributed by atoms with Gasteiger partial charge in [-0.15, -0.1) is 12.4 Å². The van der Waals surface area contributed by atoms with Gasteiger partial charge in [0.05, 0.1) is 6.61 Å². The van der Waals surface area contributed by atoms with Crippen molar-refractivity contribution in [2.45, 2.75) is 31.9 Å². The number of rotatable bonds is 1. The highest BCUT2D eigenvalue weighted by molar-refractivity contribution is 5.85. The van der Waals surface area contributed by atoms with Gasteiger partial charge in [-0.05, 0) is 29.9 Å². The molecule has 2 aliphatic rings. The molecule has 3 unspecified atom stereocenters. The number of nitrogens with two attached hydrogens (primary N) is 1. The van der Waals surface area contributed by atoms with Crippen molar-refractivity contribution in [2.75, 3.05) is 19.7 Å². The molecule has 0 spiro atoms. The smallest absolute Gasteiger partial charge is 0.256 e. The standard InChI is InChI=1S/C16H22N2O2.ClH/c1-11-10-18(8-6-14(11)17)16(19)15-13-5-3-2-4-12(13)7-9-20-15;/h2-5,11,14-15H,6-10,17H2,1H3;1H. The molecule has 21 heavy (non-hydrogen) atoms. The highest BCUT2D eigenvalue weighted by atomic mass is 35.5. The van der Waals surface area contributed by atoms with E-state index in [2.05, 4.69) is 13.0 Å². The van der Waals surface area contributed by atoms with Crippen molar-refractivity contribution in [2.24, 2.45) is 11.7 Å². The van der Waals surface area contributed by atoms with Crippen LogP contribution < -0.4 is 5.73 Å². The molecule has 2 N–H and O–H groups in total. The summed E-state index contributed by atoms with van der Waals surface area (Å²) in [6.07, 6.45) is 1.34. The second-order valence-corrected chi connectivity index (χ2v) is 5.91. The van der Waals surface area contributed by atoms with Crippen molar-refractivity contribution in [1.29, 1.82) is 0 Å². The van der Waals surface area contributed by atoms with Gasteiger partial charge in [-0.1, -0.05) is 31.2 Å². The van der Waals surface area contributed by atoms with Gasteiger partial charge in [0.15, 0.2) is 6.10 Å². The number of likely N-dealkylation sites (tertiary alicyclic amines) is 1. The minimum Gasteiger partial charge on any atom is -0.363 e. The van der Waals surface area contributed by atoms with Crippen LogP contribution in [-0.2, 0) is 16.0 Å². The fraction of sp³-hybridized carbons (Fsp3) is 0.562. The molecular weight excluding hydrogens is 288 g/mol. The number of amides is 1. The van der Waals surface area contributed by atoms with Gasteiger partial charge in [0.1, 0.15) is 0 Å². The Morgan fingerprint density at radius 1 is 1.38 bits per heavy atom. The van der Waals surface area contributed by atoms with Crippen LogP contribution in [0.1, 0.15) is 30.6 Å². The Bertz CT molecular complexity index is 509. The molecule has 4 nitrogen and oxygen atoms in total. The van der Waals surface area contributed by atoms with Crippen molar-refractivity contribution in [3.63, 3.8) is 0 Å². The van der Waals surface area contributed by atoms with Crippen molar-refractivity contribution < 1.29 is 9.53 Å². The molecule has 1 amide bonds. The van der Waals surface area contributed by atoms with Gasteiger partial charge in [-0.25, -0.2) is 0 Å². The molecule has 2 heterocycles. The topological polar surface area (TPSA) is 55.6 Å². The average Bonchev–Trinajstić information content (AvgIpc) is 2.49. The van der Waals surface area contributed by atoms with E-state index in [0.29, 0.717) is 12.5 Å². The van der Waals surface area contributed by atoms with Crippen molar-refractivity contribution >= 4 is 18.3 Å². The van der Waals surface area contributed by atoms with E-state index in [1.165, 1.54) is 5.56 Å². The maximum absolute atomic E-state index is 12.7. The van der Waals surface area contributed by atoms with Crippen LogP contribution in [0.3, 0.4) is 0 Å². The van der Waals surface area contributed by atoms with E-state index in [1.54, 1.807) is 0 Å². The van der Waals surface area contributed by atoms with Crippen LogP contribution in [0, 0.1) is 5.92 Å². The van der Waals surface area contributed by atoms with E-state index >= 15 is 0 Å². The number of benzene rings is 1. The number of halogens is 1. The predicted octanol–water partition coefficient (Wildman–Crippen LogP) is 1.92. The monoisotopic (exact) mass is 310 g/mol. The zero-order valence-corrected chi connectivity index (χ0v) is 13.1. The average molecular weight is 311 g/mol. The van der Waals surface area contributed by atoms with Crippen molar-refractivity contribution in [3.05, 3.63) is 35.4 Å². The summed E-state index contributed by atoms with van der Waals surface area (Å²) in [6.45, 7) is 4.21. The molecule has 3 rings (SSSR count). The molecule has 0 aromatic heterocycles. The molecule has 1 aromatic carbocycles. The molecule has 1 aromatic rings. The summed E-state index contributed by atoms with van der Waals surface area (Å²) >= 11 is 0. The largest absolute Gasteiger partial charge is 0.363 e. The maximum Gasteiger partial charge on any atom is 0.256 e. The number of hydrogen-bond acceptors (Lipinski definition) is 3. The maximum atomic E-state index is 12.7. The molecule has 0 aliphatic carbocycles. The van der Waals surface area contributed by atoms with Crippen LogP contribution in [0.5, 0.6) is 0 Å². The Morgan fingerprint density at radius 2 is 2.14 bits per heavy atom. The summed E-state index contributed by atoms with van der Waals surface area (Å²) in [5, 5.41) is 0. The summed E-state index contributed by atoms with van der Waals surface area (Å²) in [6, 6.07) is 8.30. The first kappa shape index (κ1) is 16.3. The highest BCUT2D eigenvalue weighted by Gasteiger charge is 2.34. The SMILES string of the molecule is CC1CN(C(=O)C2OCCc3ccccc32)CCC1N.Cl. The fourth-order valence-electron chi connectivity index (χ4n) is 3.13. The summed E-state index contributed by atoms with van der Waals surface area (Å²) in [7, 11) is 0. The number of nitrogens with zero attached hydrogens (tertiary/aromatic N) is 1. The summed E-state index contributed by atoms with van der Waals surface area (Å²) < 4.78 is 5.76. The Morgan fingerprint density at radius 3 is 2.90 bits per heavy atom. The highest BCUT2D eigenvalue weighted by Crippen LogP contribution is 2.29. The van der Waals surface area contributed by atoms with Crippen LogP contribution >= 0.6 is 12.4 Å². The van der Waals surface area contributed by atoms with E-state index in [4.69, 9.17) is 10.5 Å². The van der Waals surface area contributed by atoms with Gasteiger partial charge in [0.2, 0.25) is 0 Å². The second kappa shape index (κ2) is 6.77. The zero-order chi connectivity index (χ0) is 14.1. The lowest BCUT2D eigenvalue weighted by Crippen LogP contribution is -2.50. The fourth-order valence-corrected chi connectivity index (χ4v) is 3.13. The van der Waals surface area contributed by atoms with Crippen LogP contribution in [0.25, 0.3) is 0 Å². The zero-order valence-electron chi connectivity index (χ0n) is 12.3. The number of hydrogen-bond donors (Lipinski definition) is 1. The van der Waals surface area contributed by atoms with E-state index in [9.17, 15) is 4.79 Å².